The molecule has 7 amide bonds. The minimum atomic E-state index is -1.55. The molecule has 23 heteroatoms. The van der Waals surface area contributed by atoms with Crippen molar-refractivity contribution in [3.8, 4) is 0 Å². The first-order chi connectivity index (χ1) is 42.5. The minimum Gasteiger partial charge on any atom is -0.480 e. The summed E-state index contributed by atoms with van der Waals surface area (Å²) in [6.07, 6.45) is 2.61. The van der Waals surface area contributed by atoms with Gasteiger partial charge in [-0.2, -0.15) is 0 Å². The van der Waals surface area contributed by atoms with Crippen LogP contribution in [-0.2, 0) is 67.0 Å². The van der Waals surface area contributed by atoms with Crippen LogP contribution in [0.25, 0.3) is 0 Å². The van der Waals surface area contributed by atoms with Gasteiger partial charge in [-0.25, -0.2) is 4.79 Å². The molecule has 0 radical (unpaired) electrons. The molecule has 0 saturated heterocycles. The standard InChI is InChI=1S/C69H122N8O15/c1-27-29-30-44(15)61(92-48(19)78)60(63(83)71-50(28-2)69(89)90)77(25)68(88)59(43(13)14)76(24)66(86)53(33-40(7)8)75(23)65(85)52(32-39(5)6)74(22)64(84)46(17)35-54(79)45(16)34-55(80)51(31-38(3)4)73(21)67(87)58(42(11)12)72-62(82)49(47(18)37-91-26)36-56(81)57(70-20)41(9)10/h27,29,38-47,49-53,57-61,70H,28,30-37H2,1-26H3,(H,71,83)(H,72,82)(H,89,90)/b29-27+/t44-,45-,46+,47-,49+,50+,51+,52+,53+,57-,58+,59+,60+,61-/m1/s1. The number of amides is 7. The van der Waals surface area contributed by atoms with Crippen molar-refractivity contribution in [2.45, 2.75) is 237 Å². The van der Waals surface area contributed by atoms with Gasteiger partial charge in [-0.05, 0) is 93.4 Å². The zero-order valence-electron chi connectivity index (χ0n) is 61.0. The number of esters is 1. The Kier molecular flexibility index (Phi) is 38.2. The smallest absolute Gasteiger partial charge is 0.326 e. The van der Waals surface area contributed by atoms with E-state index in [4.69, 9.17) is 9.47 Å². The van der Waals surface area contributed by atoms with Crippen molar-refractivity contribution >= 4 is 70.6 Å². The number of methoxy groups -OCH3 is 1. The molecule has 0 heterocycles. The second-order valence-corrected chi connectivity index (χ2v) is 28.1. The average molecular weight is 1300 g/mol. The van der Waals surface area contributed by atoms with E-state index < -0.39 is 149 Å². The molecule has 0 bridgehead atoms. The Bertz CT molecular complexity index is 2480. The van der Waals surface area contributed by atoms with E-state index in [0.29, 0.717) is 6.42 Å². The fraction of sp³-hybridized carbons (Fsp3) is 0.797. The van der Waals surface area contributed by atoms with Gasteiger partial charge in [0.05, 0.1) is 12.1 Å². The number of carbonyl (C=O) groups is 12. The molecule has 0 aromatic rings. The largest absolute Gasteiger partial charge is 0.480 e. The lowest BCUT2D eigenvalue weighted by Gasteiger charge is -2.42. The van der Waals surface area contributed by atoms with Crippen LogP contribution in [0.5, 0.6) is 0 Å². The fourth-order valence-electron chi connectivity index (χ4n) is 11.9. The van der Waals surface area contributed by atoms with Crippen molar-refractivity contribution in [2.75, 3.05) is 56.0 Å². The van der Waals surface area contributed by atoms with Crippen LogP contribution in [0.4, 0.5) is 0 Å². The van der Waals surface area contributed by atoms with Crippen LogP contribution in [-0.4, -0.2) is 211 Å². The van der Waals surface area contributed by atoms with E-state index in [1.165, 1.54) is 61.9 Å². The van der Waals surface area contributed by atoms with Crippen molar-refractivity contribution in [1.29, 1.82) is 0 Å². The number of hydrogen-bond acceptors (Lipinski definition) is 15. The molecule has 0 aliphatic carbocycles. The van der Waals surface area contributed by atoms with Crippen molar-refractivity contribution < 1.29 is 72.1 Å². The van der Waals surface area contributed by atoms with Crippen LogP contribution in [0.2, 0.25) is 0 Å². The lowest BCUT2D eigenvalue weighted by atomic mass is 9.84. The summed E-state index contributed by atoms with van der Waals surface area (Å²) in [4.78, 5) is 176. The number of aliphatic carboxylic acids is 1. The van der Waals surface area contributed by atoms with Gasteiger partial charge in [-0.3, -0.25) is 52.7 Å². The summed E-state index contributed by atoms with van der Waals surface area (Å²) in [6.45, 7) is 33.6. The van der Waals surface area contributed by atoms with Crippen molar-refractivity contribution in [2.24, 2.45) is 65.1 Å². The predicted octanol–water partition coefficient (Wildman–Crippen LogP) is 6.86. The Hall–Kier alpha value is -6.10. The van der Waals surface area contributed by atoms with Crippen LogP contribution in [0, 0.1) is 65.1 Å². The highest BCUT2D eigenvalue weighted by atomic mass is 16.5. The maximum absolute atomic E-state index is 15.1. The number of rotatable bonds is 43. The zero-order valence-corrected chi connectivity index (χ0v) is 61.0. The SMILES string of the molecule is C/C=C/C[C@@H](C)[C@@H](OC(C)=O)[C@@H](C(=O)N[C@@H](CC)C(=O)O)N(C)C(=O)[C@H](C(C)C)N(C)C(=O)[C@H](CC(C)C)N(C)C(=O)[C@H](CC(C)C)N(C)C(=O)[C@@H](C)CC(=O)[C@H](C)CC(=O)[C@H](CC(C)C)N(C)C(=O)[C@@H](NC(=O)[C@@H](CC(=O)[C@H](NC)C(C)C)[C@H](C)COC)C(C)C. The molecular formula is C69H122N8O15. The summed E-state index contributed by atoms with van der Waals surface area (Å²) in [5.74, 6) is -12.3. The third-order valence-corrected chi connectivity index (χ3v) is 17.5. The first kappa shape index (κ1) is 85.9. The average Bonchev–Trinajstić information content (AvgIpc) is 0.812. The molecule has 0 aliphatic heterocycles. The summed E-state index contributed by atoms with van der Waals surface area (Å²) in [5, 5.41) is 18.4. The molecule has 0 aliphatic rings. The molecule has 4 N–H and O–H groups in total. The second-order valence-electron chi connectivity index (χ2n) is 28.1. The fourth-order valence-corrected chi connectivity index (χ4v) is 11.9. The Morgan fingerprint density at radius 1 is 0.500 bits per heavy atom. The Morgan fingerprint density at radius 3 is 1.38 bits per heavy atom. The molecule has 0 saturated carbocycles. The normalized spacial score (nSPS) is 16.5. The Labute approximate surface area is 551 Å². The van der Waals surface area contributed by atoms with Crippen LogP contribution < -0.4 is 16.0 Å². The number of nitrogens with zero attached hydrogens (tertiary/aromatic N) is 5. The van der Waals surface area contributed by atoms with Crippen LogP contribution >= 0.6 is 0 Å². The topological polar surface area (TPSA) is 296 Å². The Morgan fingerprint density at radius 2 is 0.957 bits per heavy atom. The number of carbonyl (C=O) groups excluding carboxylic acids is 11. The van der Waals surface area contributed by atoms with Gasteiger partial charge in [0.25, 0.3) is 0 Å². The number of ether oxygens (including phenoxy) is 2. The van der Waals surface area contributed by atoms with E-state index in [-0.39, 0.29) is 92.7 Å². The number of ketones is 3. The highest BCUT2D eigenvalue weighted by molar-refractivity contribution is 5.99. The van der Waals surface area contributed by atoms with E-state index in [9.17, 15) is 48.3 Å². The summed E-state index contributed by atoms with van der Waals surface area (Å²) in [5.41, 5.74) is 0. The minimum absolute atomic E-state index is 0.00809. The molecule has 14 atom stereocenters. The first-order valence-electron chi connectivity index (χ1n) is 33.2. The van der Waals surface area contributed by atoms with Crippen LogP contribution in [0.1, 0.15) is 183 Å². The van der Waals surface area contributed by atoms with Gasteiger partial charge >= 0.3 is 11.9 Å². The number of carboxylic acids is 1. The molecule has 0 spiro atoms. The molecule has 0 rings (SSSR count). The summed E-state index contributed by atoms with van der Waals surface area (Å²) in [7, 11) is 10.4. The van der Waals surface area contributed by atoms with Crippen LogP contribution in [0.15, 0.2) is 12.2 Å². The van der Waals surface area contributed by atoms with E-state index >= 15 is 14.4 Å². The van der Waals surface area contributed by atoms with Crippen molar-refractivity contribution in [3.63, 3.8) is 0 Å². The van der Waals surface area contributed by atoms with E-state index in [1.54, 1.807) is 75.4 Å². The van der Waals surface area contributed by atoms with Gasteiger partial charge < -0.3 is 55.0 Å². The lowest BCUT2D eigenvalue weighted by molar-refractivity contribution is -0.164. The first-order valence-corrected chi connectivity index (χ1v) is 33.2. The quantitative estimate of drug-likeness (QED) is 0.0358. The van der Waals surface area contributed by atoms with Gasteiger partial charge in [0.2, 0.25) is 41.4 Å². The maximum Gasteiger partial charge on any atom is 0.326 e. The molecule has 0 aromatic heterocycles. The molecule has 23 nitrogen and oxygen atoms in total. The van der Waals surface area contributed by atoms with E-state index in [1.807, 2.05) is 68.4 Å². The zero-order chi connectivity index (χ0) is 71.7. The van der Waals surface area contributed by atoms with E-state index in [0.717, 1.165) is 11.8 Å². The van der Waals surface area contributed by atoms with Gasteiger partial charge in [0.1, 0.15) is 48.1 Å². The predicted molar refractivity (Wildman–Crippen MR) is 356 cm³/mol. The molecule has 92 heavy (non-hydrogen) atoms. The monoisotopic (exact) mass is 1300 g/mol. The molecular weight excluding hydrogens is 1180 g/mol. The van der Waals surface area contributed by atoms with Gasteiger partial charge in [-0.1, -0.05) is 130 Å². The number of likely N-dealkylation sites (N-methyl/N-ethyl adjacent to an activating group) is 6. The molecule has 0 aromatic carbocycles. The van der Waals surface area contributed by atoms with Gasteiger partial charge in [0, 0.05) is 92.9 Å². The van der Waals surface area contributed by atoms with E-state index in [2.05, 4.69) is 16.0 Å². The summed E-state index contributed by atoms with van der Waals surface area (Å²) in [6, 6.07) is -8.96. The lowest BCUT2D eigenvalue weighted by Crippen LogP contribution is -2.63. The maximum atomic E-state index is 15.1. The van der Waals surface area contributed by atoms with Crippen molar-refractivity contribution in [3.05, 3.63) is 12.2 Å². The third-order valence-electron chi connectivity index (χ3n) is 17.5. The van der Waals surface area contributed by atoms with Crippen molar-refractivity contribution in [1.82, 2.24) is 40.4 Å². The number of nitrogens with one attached hydrogen (secondary N) is 3. The number of carboxylic acid groups (broad SMARTS) is 1. The highest BCUT2D eigenvalue weighted by Crippen LogP contribution is 2.28. The van der Waals surface area contributed by atoms with Gasteiger partial charge in [-0.15, -0.1) is 0 Å². The molecule has 0 unspecified atom stereocenters. The highest BCUT2D eigenvalue weighted by Gasteiger charge is 2.47. The number of Topliss-reactive ketones (excluding diaryl/α,β-unsaturated/α-hetero) is 3. The second kappa shape index (κ2) is 40.9. The number of hydrogen-bond donors (Lipinski definition) is 4. The Balaban J connectivity index is 7.05. The summed E-state index contributed by atoms with van der Waals surface area (Å²) >= 11 is 0. The molecule has 0 fully saturated rings. The van der Waals surface area contributed by atoms with Crippen LogP contribution in [0.3, 0.4) is 0 Å². The number of allylic oxidation sites excluding steroid dienone is 2. The van der Waals surface area contributed by atoms with Gasteiger partial charge in [0.15, 0.2) is 11.6 Å². The summed E-state index contributed by atoms with van der Waals surface area (Å²) < 4.78 is 11.1. The molecule has 528 valence electrons. The third kappa shape index (κ3) is 26.0.